The fourth-order valence-electron chi connectivity index (χ4n) is 2.45. The highest BCUT2D eigenvalue weighted by Crippen LogP contribution is 2.40. The van der Waals surface area contributed by atoms with E-state index in [0.29, 0.717) is 11.6 Å². The van der Waals surface area contributed by atoms with E-state index >= 15 is 0 Å². The molecule has 0 bridgehead atoms. The van der Waals surface area contributed by atoms with Gasteiger partial charge < -0.3 is 14.7 Å². The topological polar surface area (TPSA) is 58.4 Å². The first-order valence-electron chi connectivity index (χ1n) is 6.76. The Labute approximate surface area is 107 Å². The number of amides is 1. The van der Waals surface area contributed by atoms with E-state index < -0.39 is 0 Å². The maximum absolute atomic E-state index is 12.0. The minimum atomic E-state index is -0.103. The molecule has 1 saturated heterocycles. The van der Waals surface area contributed by atoms with E-state index in [1.54, 1.807) is 6.07 Å². The van der Waals surface area contributed by atoms with E-state index in [9.17, 15) is 4.79 Å². The highest BCUT2D eigenvalue weighted by atomic mass is 16.5. The van der Waals surface area contributed by atoms with Crippen LogP contribution in [-0.4, -0.2) is 41.6 Å². The van der Waals surface area contributed by atoms with Gasteiger partial charge in [-0.05, 0) is 25.8 Å². The predicted octanol–water partition coefficient (Wildman–Crippen LogP) is 1.38. The molecule has 0 spiro atoms. The fraction of sp³-hybridized carbons (Fsp3) is 0.692. The molecule has 2 heterocycles. The molecule has 3 rings (SSSR count). The van der Waals surface area contributed by atoms with Gasteiger partial charge in [-0.3, -0.25) is 4.79 Å². The van der Waals surface area contributed by atoms with Gasteiger partial charge >= 0.3 is 0 Å². The third kappa shape index (κ3) is 2.41. The molecule has 1 aromatic heterocycles. The smallest absolute Gasteiger partial charge is 0.273 e. The van der Waals surface area contributed by atoms with E-state index in [1.165, 1.54) is 0 Å². The molecular weight excluding hydrogens is 230 g/mol. The highest BCUT2D eigenvalue weighted by molar-refractivity contribution is 5.92. The largest absolute Gasteiger partial charge is 0.360 e. The quantitative estimate of drug-likeness (QED) is 0.875. The Bertz CT molecular complexity index is 439. The van der Waals surface area contributed by atoms with Crippen LogP contribution in [0.4, 0.5) is 0 Å². The van der Waals surface area contributed by atoms with Gasteiger partial charge in [-0.25, -0.2) is 0 Å². The van der Waals surface area contributed by atoms with Crippen molar-refractivity contribution in [3.63, 3.8) is 0 Å². The Kier molecular flexibility index (Phi) is 3.07. The van der Waals surface area contributed by atoms with Crippen LogP contribution in [-0.2, 0) is 0 Å². The zero-order valence-corrected chi connectivity index (χ0v) is 10.7. The zero-order chi connectivity index (χ0) is 12.5. The summed E-state index contributed by atoms with van der Waals surface area (Å²) in [7, 11) is 0. The fourth-order valence-corrected chi connectivity index (χ4v) is 2.45. The van der Waals surface area contributed by atoms with Crippen LogP contribution in [0.15, 0.2) is 10.6 Å². The van der Waals surface area contributed by atoms with Gasteiger partial charge in [0.2, 0.25) is 0 Å². The number of likely N-dealkylation sites (N-methyl/N-ethyl adjacent to an activating group) is 1. The van der Waals surface area contributed by atoms with Crippen LogP contribution in [0.25, 0.3) is 0 Å². The lowest BCUT2D eigenvalue weighted by Gasteiger charge is -2.13. The first-order valence-corrected chi connectivity index (χ1v) is 6.76. The standard InChI is InChI=1S/C13H19N3O2/c1-2-16-6-5-10(8-16)14-13(17)11-7-12(18-15-11)9-3-4-9/h7,9-10H,2-6,8H2,1H3,(H,14,17). The molecule has 98 valence electrons. The van der Waals surface area contributed by atoms with Crippen LogP contribution < -0.4 is 5.32 Å². The van der Waals surface area contributed by atoms with Crippen molar-refractivity contribution < 1.29 is 9.32 Å². The second kappa shape index (κ2) is 4.72. The second-order valence-corrected chi connectivity index (χ2v) is 5.24. The summed E-state index contributed by atoms with van der Waals surface area (Å²) in [6.07, 6.45) is 3.33. The van der Waals surface area contributed by atoms with Crippen molar-refractivity contribution in [3.05, 3.63) is 17.5 Å². The van der Waals surface area contributed by atoms with Crippen molar-refractivity contribution >= 4 is 5.91 Å². The summed E-state index contributed by atoms with van der Waals surface area (Å²) in [5.74, 6) is 1.26. The monoisotopic (exact) mass is 249 g/mol. The molecule has 1 aromatic rings. The Hall–Kier alpha value is -1.36. The van der Waals surface area contributed by atoms with Crippen molar-refractivity contribution in [2.45, 2.75) is 38.1 Å². The normalized spacial score (nSPS) is 24.4. The van der Waals surface area contributed by atoms with Crippen LogP contribution in [0.2, 0.25) is 0 Å². The van der Waals surface area contributed by atoms with Gasteiger partial charge in [0.25, 0.3) is 5.91 Å². The lowest BCUT2D eigenvalue weighted by molar-refractivity contribution is 0.0928. The molecule has 0 aromatic carbocycles. The SMILES string of the molecule is CCN1CCC(NC(=O)c2cc(C3CC3)on2)C1. The molecular formula is C13H19N3O2. The van der Waals surface area contributed by atoms with Crippen LogP contribution >= 0.6 is 0 Å². The average molecular weight is 249 g/mol. The van der Waals surface area contributed by atoms with Crippen molar-refractivity contribution in [1.82, 2.24) is 15.4 Å². The lowest BCUT2D eigenvalue weighted by Crippen LogP contribution is -2.37. The van der Waals surface area contributed by atoms with E-state index in [2.05, 4.69) is 22.3 Å². The van der Waals surface area contributed by atoms with Crippen LogP contribution in [0, 0.1) is 0 Å². The number of rotatable bonds is 4. The summed E-state index contributed by atoms with van der Waals surface area (Å²) in [6, 6.07) is 2.04. The average Bonchev–Trinajstić information content (AvgIpc) is 2.93. The van der Waals surface area contributed by atoms with Crippen LogP contribution in [0.3, 0.4) is 0 Å². The van der Waals surface area contributed by atoms with Crippen LogP contribution in [0.5, 0.6) is 0 Å². The summed E-state index contributed by atoms with van der Waals surface area (Å²) in [4.78, 5) is 14.3. The number of nitrogens with one attached hydrogen (secondary N) is 1. The number of carbonyl (C=O) groups excluding carboxylic acids is 1. The van der Waals surface area contributed by atoms with Crippen molar-refractivity contribution in [3.8, 4) is 0 Å². The van der Waals surface area contributed by atoms with Gasteiger partial charge in [-0.2, -0.15) is 0 Å². The molecule has 18 heavy (non-hydrogen) atoms. The summed E-state index contributed by atoms with van der Waals surface area (Å²) < 4.78 is 5.20. The number of aromatic nitrogens is 1. The maximum atomic E-state index is 12.0. The molecule has 1 aliphatic heterocycles. The Morgan fingerprint density at radius 3 is 3.06 bits per heavy atom. The zero-order valence-electron chi connectivity index (χ0n) is 10.7. The van der Waals surface area contributed by atoms with E-state index in [4.69, 9.17) is 4.52 Å². The summed E-state index contributed by atoms with van der Waals surface area (Å²) >= 11 is 0. The molecule has 2 fully saturated rings. The second-order valence-electron chi connectivity index (χ2n) is 5.24. The minimum Gasteiger partial charge on any atom is -0.360 e. The van der Waals surface area contributed by atoms with Gasteiger partial charge in [0.15, 0.2) is 5.69 Å². The third-order valence-corrected chi connectivity index (χ3v) is 3.80. The van der Waals surface area contributed by atoms with Gasteiger partial charge in [-0.15, -0.1) is 0 Å². The number of hydrogen-bond acceptors (Lipinski definition) is 4. The van der Waals surface area contributed by atoms with E-state index in [1.807, 2.05) is 0 Å². The van der Waals surface area contributed by atoms with E-state index in [-0.39, 0.29) is 11.9 Å². The van der Waals surface area contributed by atoms with Crippen molar-refractivity contribution in [1.29, 1.82) is 0 Å². The molecule has 5 nitrogen and oxygen atoms in total. The molecule has 1 amide bonds. The highest BCUT2D eigenvalue weighted by Gasteiger charge is 2.29. The van der Waals surface area contributed by atoms with Crippen molar-refractivity contribution in [2.75, 3.05) is 19.6 Å². The Morgan fingerprint density at radius 2 is 2.39 bits per heavy atom. The molecule has 2 aliphatic rings. The molecule has 1 N–H and O–H groups in total. The molecule has 1 saturated carbocycles. The summed E-state index contributed by atoms with van der Waals surface area (Å²) in [6.45, 7) is 5.19. The lowest BCUT2D eigenvalue weighted by atomic mass is 10.2. The molecule has 0 radical (unpaired) electrons. The number of likely N-dealkylation sites (tertiary alicyclic amines) is 1. The molecule has 1 atom stereocenters. The van der Waals surface area contributed by atoms with E-state index in [0.717, 1.165) is 44.7 Å². The Morgan fingerprint density at radius 1 is 1.56 bits per heavy atom. The number of nitrogens with zero attached hydrogens (tertiary/aromatic N) is 2. The van der Waals surface area contributed by atoms with Gasteiger partial charge in [0, 0.05) is 31.1 Å². The van der Waals surface area contributed by atoms with Crippen LogP contribution in [0.1, 0.15) is 48.4 Å². The summed E-state index contributed by atoms with van der Waals surface area (Å²) in [5.41, 5.74) is 0.423. The molecule has 5 heteroatoms. The van der Waals surface area contributed by atoms with Crippen molar-refractivity contribution in [2.24, 2.45) is 0 Å². The summed E-state index contributed by atoms with van der Waals surface area (Å²) in [5, 5.41) is 6.89. The molecule has 1 unspecified atom stereocenters. The molecule has 1 aliphatic carbocycles. The van der Waals surface area contributed by atoms with Gasteiger partial charge in [0.05, 0.1) is 0 Å². The minimum absolute atomic E-state index is 0.103. The van der Waals surface area contributed by atoms with Gasteiger partial charge in [-0.1, -0.05) is 12.1 Å². The first-order chi connectivity index (χ1) is 8.76. The first kappa shape index (κ1) is 11.7. The third-order valence-electron chi connectivity index (χ3n) is 3.80. The van der Waals surface area contributed by atoms with Gasteiger partial charge in [0.1, 0.15) is 5.76 Å². The maximum Gasteiger partial charge on any atom is 0.273 e. The Balaban J connectivity index is 1.57. The number of carbonyl (C=O) groups is 1. The number of hydrogen-bond donors (Lipinski definition) is 1. The predicted molar refractivity (Wildman–Crippen MR) is 66.5 cm³/mol.